The van der Waals surface area contributed by atoms with Crippen molar-refractivity contribution in [3.8, 4) is 0 Å². The summed E-state index contributed by atoms with van der Waals surface area (Å²) in [4.78, 5) is 38.6. The molecule has 3 aliphatic rings. The maximum absolute atomic E-state index is 13.0. The molecule has 150 valence electrons. The molecular formula is C21H26N2O4S. The molecule has 0 spiro atoms. The van der Waals surface area contributed by atoms with Gasteiger partial charge in [-0.3, -0.25) is 14.4 Å². The molecular weight excluding hydrogens is 376 g/mol. The third kappa shape index (κ3) is 3.26. The number of hydrogen-bond donors (Lipinski definition) is 3. The number of carbonyl (C=O) groups is 3. The first kappa shape index (κ1) is 19.2. The van der Waals surface area contributed by atoms with Gasteiger partial charge >= 0.3 is 5.97 Å². The Morgan fingerprint density at radius 2 is 1.71 bits per heavy atom. The SMILES string of the molecule is Cc1sc(NC(=O)[C@@H]2[C@@H](C(=O)O)[C@H]3C=C[C@@H]2C3)c(C(=O)NC2CCCC2)c1C. The number of nitrogens with one attached hydrogen (secondary N) is 2. The minimum absolute atomic E-state index is 0.0379. The van der Waals surface area contributed by atoms with Gasteiger partial charge in [0.2, 0.25) is 5.91 Å². The number of anilines is 1. The van der Waals surface area contributed by atoms with Crippen molar-refractivity contribution < 1.29 is 19.5 Å². The predicted molar refractivity (Wildman–Crippen MR) is 107 cm³/mol. The molecule has 0 aliphatic heterocycles. The number of carbonyl (C=O) groups excluding carboxylic acids is 2. The summed E-state index contributed by atoms with van der Waals surface area (Å²) < 4.78 is 0. The predicted octanol–water partition coefficient (Wildman–Crippen LogP) is 3.50. The topological polar surface area (TPSA) is 95.5 Å². The maximum Gasteiger partial charge on any atom is 0.307 e. The number of fused-ring (bicyclic) bond motifs is 2. The van der Waals surface area contributed by atoms with Crippen molar-refractivity contribution in [3.63, 3.8) is 0 Å². The normalized spacial score (nSPS) is 28.6. The zero-order chi connectivity index (χ0) is 20.0. The Balaban J connectivity index is 1.55. The second-order valence-electron chi connectivity index (χ2n) is 8.27. The molecule has 4 rings (SSSR count). The lowest BCUT2D eigenvalue weighted by Crippen LogP contribution is -2.37. The van der Waals surface area contributed by atoms with Crippen LogP contribution in [-0.4, -0.2) is 28.9 Å². The van der Waals surface area contributed by atoms with E-state index in [2.05, 4.69) is 10.6 Å². The minimum atomic E-state index is -0.922. The van der Waals surface area contributed by atoms with Crippen LogP contribution in [0.25, 0.3) is 0 Å². The lowest BCUT2D eigenvalue weighted by atomic mass is 9.82. The van der Waals surface area contributed by atoms with Crippen LogP contribution in [0.2, 0.25) is 0 Å². The van der Waals surface area contributed by atoms with Crippen LogP contribution < -0.4 is 10.6 Å². The monoisotopic (exact) mass is 402 g/mol. The van der Waals surface area contributed by atoms with Gasteiger partial charge in [-0.2, -0.15) is 0 Å². The van der Waals surface area contributed by atoms with Crippen molar-refractivity contribution in [2.45, 2.75) is 52.0 Å². The smallest absolute Gasteiger partial charge is 0.307 e. The van der Waals surface area contributed by atoms with Crippen LogP contribution in [0.5, 0.6) is 0 Å². The Bertz CT molecular complexity index is 853. The van der Waals surface area contributed by atoms with Gasteiger partial charge in [-0.1, -0.05) is 25.0 Å². The highest BCUT2D eigenvalue weighted by molar-refractivity contribution is 7.16. The van der Waals surface area contributed by atoms with Gasteiger partial charge in [-0.25, -0.2) is 0 Å². The van der Waals surface area contributed by atoms with Crippen molar-refractivity contribution in [2.24, 2.45) is 23.7 Å². The molecule has 6 nitrogen and oxygen atoms in total. The zero-order valence-electron chi connectivity index (χ0n) is 16.2. The van der Waals surface area contributed by atoms with E-state index in [0.717, 1.165) is 36.1 Å². The molecule has 2 amide bonds. The molecule has 2 fully saturated rings. The van der Waals surface area contributed by atoms with E-state index in [1.807, 2.05) is 26.0 Å². The average Bonchev–Trinajstić information content (AvgIpc) is 3.40. The summed E-state index contributed by atoms with van der Waals surface area (Å²) in [5, 5.41) is 16.1. The number of hydrogen-bond acceptors (Lipinski definition) is 4. The van der Waals surface area contributed by atoms with Crippen molar-refractivity contribution in [2.75, 3.05) is 5.32 Å². The van der Waals surface area contributed by atoms with Crippen LogP contribution in [0.4, 0.5) is 5.00 Å². The number of rotatable bonds is 5. The van der Waals surface area contributed by atoms with Crippen LogP contribution in [0.15, 0.2) is 12.2 Å². The highest BCUT2D eigenvalue weighted by Crippen LogP contribution is 2.48. The second kappa shape index (κ2) is 7.35. The van der Waals surface area contributed by atoms with Crippen LogP contribution >= 0.6 is 11.3 Å². The molecule has 0 saturated heterocycles. The molecule has 1 heterocycles. The summed E-state index contributed by atoms with van der Waals surface area (Å²) in [6.07, 6.45) is 8.85. The van der Waals surface area contributed by atoms with E-state index >= 15 is 0 Å². The Labute approximate surface area is 168 Å². The Kier molecular flexibility index (Phi) is 5.04. The van der Waals surface area contributed by atoms with E-state index < -0.39 is 17.8 Å². The van der Waals surface area contributed by atoms with E-state index in [1.165, 1.54) is 11.3 Å². The molecule has 3 aliphatic carbocycles. The molecule has 7 heteroatoms. The standard InChI is InChI=1S/C21H26N2O4S/c1-10-11(2)28-20(15(10)18(24)22-14-5-3-4-6-14)23-19(25)16-12-7-8-13(9-12)17(16)21(26)27/h7-8,12-14,16-17H,3-6,9H2,1-2H3,(H,22,24)(H,23,25)(H,26,27)/t12-,13+,16+,17+/m1/s1. The van der Waals surface area contributed by atoms with E-state index in [0.29, 0.717) is 17.0 Å². The Morgan fingerprint density at radius 3 is 2.36 bits per heavy atom. The summed E-state index contributed by atoms with van der Waals surface area (Å²) >= 11 is 1.39. The van der Waals surface area contributed by atoms with Crippen LogP contribution in [0.1, 0.15) is 52.9 Å². The van der Waals surface area contributed by atoms with Crippen molar-refractivity contribution in [3.05, 3.63) is 28.2 Å². The number of allylic oxidation sites excluding steroid dienone is 2. The molecule has 1 aromatic rings. The van der Waals surface area contributed by atoms with Gasteiger partial charge < -0.3 is 15.7 Å². The molecule has 4 atom stereocenters. The van der Waals surface area contributed by atoms with Gasteiger partial charge in [-0.05, 0) is 50.5 Å². The number of amides is 2. The number of carboxylic acids is 1. The molecule has 3 N–H and O–H groups in total. The largest absolute Gasteiger partial charge is 0.481 e. The van der Waals surface area contributed by atoms with Gasteiger partial charge in [0.1, 0.15) is 5.00 Å². The fourth-order valence-electron chi connectivity index (χ4n) is 5.03. The molecule has 0 aromatic carbocycles. The van der Waals surface area contributed by atoms with E-state index in [-0.39, 0.29) is 29.7 Å². The minimum Gasteiger partial charge on any atom is -0.481 e. The first-order chi connectivity index (χ1) is 13.4. The Morgan fingerprint density at radius 1 is 1.07 bits per heavy atom. The third-order valence-corrected chi connectivity index (χ3v) is 7.71. The van der Waals surface area contributed by atoms with Crippen molar-refractivity contribution in [1.82, 2.24) is 5.32 Å². The molecule has 1 aromatic heterocycles. The lowest BCUT2D eigenvalue weighted by Gasteiger charge is -2.23. The van der Waals surface area contributed by atoms with E-state index in [1.54, 1.807) is 0 Å². The van der Waals surface area contributed by atoms with Crippen LogP contribution in [0, 0.1) is 37.5 Å². The lowest BCUT2D eigenvalue weighted by molar-refractivity contribution is -0.146. The highest BCUT2D eigenvalue weighted by Gasteiger charge is 2.51. The van der Waals surface area contributed by atoms with E-state index in [9.17, 15) is 19.5 Å². The molecule has 28 heavy (non-hydrogen) atoms. The van der Waals surface area contributed by atoms with Crippen LogP contribution in [0.3, 0.4) is 0 Å². The molecule has 2 saturated carbocycles. The highest BCUT2D eigenvalue weighted by atomic mass is 32.1. The Hall–Kier alpha value is -2.15. The number of thiophene rings is 1. The summed E-state index contributed by atoms with van der Waals surface area (Å²) in [6, 6.07) is 0.197. The maximum atomic E-state index is 13.0. The van der Waals surface area contributed by atoms with Gasteiger partial charge in [-0.15, -0.1) is 11.3 Å². The van der Waals surface area contributed by atoms with Crippen molar-refractivity contribution in [1.29, 1.82) is 0 Å². The van der Waals surface area contributed by atoms with Crippen LogP contribution in [-0.2, 0) is 9.59 Å². The molecule has 2 bridgehead atoms. The average molecular weight is 403 g/mol. The third-order valence-electron chi connectivity index (χ3n) is 6.59. The van der Waals surface area contributed by atoms with Gasteiger partial charge in [0.05, 0.1) is 17.4 Å². The molecule has 0 radical (unpaired) electrons. The first-order valence-corrected chi connectivity index (χ1v) is 10.8. The van der Waals surface area contributed by atoms with Gasteiger partial charge in [0, 0.05) is 10.9 Å². The molecule has 0 unspecified atom stereocenters. The quantitative estimate of drug-likeness (QED) is 0.657. The summed E-state index contributed by atoms with van der Waals surface area (Å²) in [5.74, 6) is -2.74. The van der Waals surface area contributed by atoms with Gasteiger partial charge in [0.25, 0.3) is 5.91 Å². The number of aliphatic carboxylic acids is 1. The summed E-state index contributed by atoms with van der Waals surface area (Å²) in [5.41, 5.74) is 1.40. The van der Waals surface area contributed by atoms with E-state index in [4.69, 9.17) is 0 Å². The first-order valence-electron chi connectivity index (χ1n) is 9.99. The summed E-state index contributed by atoms with van der Waals surface area (Å²) in [7, 11) is 0. The zero-order valence-corrected chi connectivity index (χ0v) is 17.0. The van der Waals surface area contributed by atoms with Gasteiger partial charge in [0.15, 0.2) is 0 Å². The second-order valence-corrected chi connectivity index (χ2v) is 9.49. The fraction of sp³-hybridized carbons (Fsp3) is 0.571. The fourth-order valence-corrected chi connectivity index (χ4v) is 6.09. The summed E-state index contributed by atoms with van der Waals surface area (Å²) in [6.45, 7) is 3.83. The van der Waals surface area contributed by atoms with Crippen molar-refractivity contribution >= 4 is 34.1 Å². The number of aryl methyl sites for hydroxylation is 1. The number of carboxylic acid groups (broad SMARTS) is 1.